The number of nitrogens with zero attached hydrogens (tertiary/aromatic N) is 4. The number of azo groups is 1. The molecule has 0 atom stereocenters. The Kier molecular flexibility index (Phi) is 12.0. The maximum absolute atomic E-state index is 11.9. The first-order valence-corrected chi connectivity index (χ1v) is 14.2. The topological polar surface area (TPSA) is 173 Å². The van der Waals surface area contributed by atoms with Crippen LogP contribution in [0.5, 0.6) is 5.75 Å². The van der Waals surface area contributed by atoms with Crippen molar-refractivity contribution in [2.45, 2.75) is 23.6 Å². The molecular weight excluding hydrogens is 646 g/mol. The van der Waals surface area contributed by atoms with Crippen LogP contribution in [0.2, 0.25) is 0 Å². The summed E-state index contributed by atoms with van der Waals surface area (Å²) in [5.41, 5.74) is 8.38. The molecule has 4 aromatic carbocycles. The summed E-state index contributed by atoms with van der Waals surface area (Å²) >= 11 is 0.861. The van der Waals surface area contributed by atoms with Crippen molar-refractivity contribution in [1.29, 1.82) is 0 Å². The van der Waals surface area contributed by atoms with E-state index in [1.807, 2.05) is 32.3 Å². The molecule has 0 heterocycles. The number of anilines is 1. The van der Waals surface area contributed by atoms with Gasteiger partial charge in [0.25, 0.3) is 10.1 Å². The zero-order valence-electron chi connectivity index (χ0n) is 22.4. The van der Waals surface area contributed by atoms with Crippen LogP contribution >= 0.6 is 12.0 Å². The van der Waals surface area contributed by atoms with E-state index in [-0.39, 0.29) is 45.5 Å². The minimum atomic E-state index is -4.73. The molecule has 0 saturated heterocycles. The second-order valence-electron chi connectivity index (χ2n) is 8.68. The molecule has 15 heteroatoms. The maximum Gasteiger partial charge on any atom is 2.00 e. The second kappa shape index (κ2) is 15.4. The number of hydrogen-bond acceptors (Lipinski definition) is 10. The van der Waals surface area contributed by atoms with E-state index >= 15 is 0 Å². The molecule has 0 aliphatic heterocycles. The van der Waals surface area contributed by atoms with Gasteiger partial charge >= 0.3 is 17.1 Å². The molecular formula is C28H23CuN5O7S2. The minimum absolute atomic E-state index is 0. The number of carbonyl (C=O) groups excluding carboxylic acids is 1. The Balaban J connectivity index is 0.00000506. The fourth-order valence-electron chi connectivity index (χ4n) is 3.35. The zero-order chi connectivity index (χ0) is 30.1. The van der Waals surface area contributed by atoms with Gasteiger partial charge in [-0.1, -0.05) is 78.8 Å². The van der Waals surface area contributed by atoms with Gasteiger partial charge < -0.3 is 20.4 Å². The summed E-state index contributed by atoms with van der Waals surface area (Å²) in [5, 5.41) is 23.1. The van der Waals surface area contributed by atoms with Gasteiger partial charge in [-0.3, -0.25) is 4.55 Å². The summed E-state index contributed by atoms with van der Waals surface area (Å²) in [6.07, 6.45) is 1.81. The van der Waals surface area contributed by atoms with E-state index < -0.39 is 20.8 Å². The minimum Gasteiger partial charge on any atom is -0.571 e. The molecule has 0 bridgehead atoms. The SMILES string of the molecule is Cc1ccc(SOONc2cc(S(=O)(=O)O)cc([N-]/N=C(\N=Nc3ccc(C)cc3[C-]=O)c3ccccc3)c2O)cc1.[Cu+2]. The van der Waals surface area contributed by atoms with Crippen LogP contribution in [0.1, 0.15) is 22.3 Å². The molecule has 12 nitrogen and oxygen atoms in total. The average molecular weight is 669 g/mol. The third-order valence-corrected chi connectivity index (χ3v) is 6.93. The standard InChI is InChI=1S/C28H23N5O7S2.Cu/c1-18-8-11-22(12-9-18)41-40-39-33-26-16-23(42(36,37)38)15-25(27(26)35)30-32-28(20-6-4-3-5-7-20)31-29-24-13-10-19(2)14-21(24)17-34;/h3-16H,1-2H3,(H3-,29,30,31,32,33,34,35,36,37,38);/q-2;+2. The molecule has 0 aliphatic rings. The number of aromatic hydroxyl groups is 1. The predicted molar refractivity (Wildman–Crippen MR) is 157 cm³/mol. The van der Waals surface area contributed by atoms with Gasteiger partial charge in [0.05, 0.1) is 23.2 Å². The number of phenolic OH excluding ortho intramolecular Hbond substituents is 1. The molecule has 0 aliphatic carbocycles. The first kappa shape index (κ1) is 33.4. The van der Waals surface area contributed by atoms with E-state index in [9.17, 15) is 22.9 Å². The quantitative estimate of drug-likeness (QED) is 0.0132. The van der Waals surface area contributed by atoms with Gasteiger partial charge in [-0.2, -0.15) is 14.5 Å². The van der Waals surface area contributed by atoms with Crippen LogP contribution in [0.4, 0.5) is 17.1 Å². The molecule has 225 valence electrons. The zero-order valence-corrected chi connectivity index (χ0v) is 25.0. The van der Waals surface area contributed by atoms with Gasteiger partial charge in [0.2, 0.25) is 0 Å². The Labute approximate surface area is 262 Å². The fourth-order valence-corrected chi connectivity index (χ4v) is 4.27. The molecule has 1 radical (unpaired) electrons. The maximum atomic E-state index is 11.9. The summed E-state index contributed by atoms with van der Waals surface area (Å²) in [6, 6.07) is 22.7. The first-order valence-electron chi connectivity index (χ1n) is 12.1. The van der Waals surface area contributed by atoms with E-state index in [2.05, 4.69) is 26.2 Å². The van der Waals surface area contributed by atoms with Gasteiger partial charge in [-0.05, 0) is 30.8 Å². The Morgan fingerprint density at radius 2 is 1.67 bits per heavy atom. The van der Waals surface area contributed by atoms with Crippen molar-refractivity contribution in [3.05, 3.63) is 113 Å². The summed E-state index contributed by atoms with van der Waals surface area (Å²) in [7, 11) is -4.73. The van der Waals surface area contributed by atoms with E-state index in [1.165, 1.54) is 0 Å². The number of hydrogen-bond donors (Lipinski definition) is 3. The number of nitrogens with one attached hydrogen (secondary N) is 1. The molecule has 0 aromatic heterocycles. The largest absolute Gasteiger partial charge is 2.00 e. The van der Waals surface area contributed by atoms with Crippen LogP contribution in [0.3, 0.4) is 0 Å². The summed E-state index contributed by atoms with van der Waals surface area (Å²) < 4.78 is 38.5. The van der Waals surface area contributed by atoms with Crippen LogP contribution < -0.4 is 5.48 Å². The van der Waals surface area contributed by atoms with Crippen molar-refractivity contribution in [3.63, 3.8) is 0 Å². The Morgan fingerprint density at radius 3 is 2.35 bits per heavy atom. The van der Waals surface area contributed by atoms with Crippen LogP contribution in [0.25, 0.3) is 5.43 Å². The number of amidine groups is 1. The summed E-state index contributed by atoms with van der Waals surface area (Å²) in [5.74, 6) is -0.607. The number of aryl methyl sites for hydroxylation is 2. The number of benzene rings is 4. The van der Waals surface area contributed by atoms with Gasteiger partial charge in [-0.25, -0.2) is 10.6 Å². The van der Waals surface area contributed by atoms with Crippen molar-refractivity contribution >= 4 is 51.3 Å². The monoisotopic (exact) mass is 668 g/mol. The van der Waals surface area contributed by atoms with E-state index in [4.69, 9.17) is 9.32 Å². The van der Waals surface area contributed by atoms with Crippen molar-refractivity contribution in [2.75, 3.05) is 5.48 Å². The molecule has 0 unspecified atom stereocenters. The summed E-state index contributed by atoms with van der Waals surface area (Å²) in [6.45, 7) is 3.75. The molecule has 0 saturated carbocycles. The predicted octanol–water partition coefficient (Wildman–Crippen LogP) is 6.84. The first-order chi connectivity index (χ1) is 20.1. The third kappa shape index (κ3) is 9.46. The number of rotatable bonds is 11. The second-order valence-corrected chi connectivity index (χ2v) is 10.9. The average Bonchev–Trinajstić information content (AvgIpc) is 2.98. The smallest absolute Gasteiger partial charge is 0.571 e. The molecule has 43 heavy (non-hydrogen) atoms. The van der Waals surface area contributed by atoms with Crippen LogP contribution in [0.15, 0.2) is 110 Å². The van der Waals surface area contributed by atoms with Gasteiger partial charge in [0.1, 0.15) is 11.4 Å². The molecule has 0 amide bonds. The molecule has 4 rings (SSSR count). The third-order valence-electron chi connectivity index (χ3n) is 5.50. The van der Waals surface area contributed by atoms with Crippen molar-refractivity contribution < 1.29 is 49.3 Å². The van der Waals surface area contributed by atoms with Gasteiger partial charge in [0, 0.05) is 10.5 Å². The Hall–Kier alpha value is -4.08. The van der Waals surface area contributed by atoms with Gasteiger partial charge in [-0.15, -0.1) is 25.6 Å². The van der Waals surface area contributed by atoms with E-state index in [1.54, 1.807) is 60.7 Å². The van der Waals surface area contributed by atoms with Crippen molar-refractivity contribution in [2.24, 2.45) is 15.3 Å². The molecule has 0 spiro atoms. The van der Waals surface area contributed by atoms with Gasteiger partial charge in [0.15, 0.2) is 5.84 Å². The van der Waals surface area contributed by atoms with Crippen molar-refractivity contribution in [1.82, 2.24) is 0 Å². The molecule has 4 aromatic rings. The normalized spacial score (nSPS) is 11.7. The Morgan fingerprint density at radius 1 is 0.977 bits per heavy atom. The number of phenols is 1. The van der Waals surface area contributed by atoms with E-state index in [0.29, 0.717) is 5.56 Å². The van der Waals surface area contributed by atoms with Crippen molar-refractivity contribution in [3.8, 4) is 5.75 Å². The van der Waals surface area contributed by atoms with Crippen LogP contribution in [-0.2, 0) is 41.3 Å². The molecule has 3 N–H and O–H groups in total. The summed E-state index contributed by atoms with van der Waals surface area (Å²) in [4.78, 5) is 16.4. The fraction of sp³-hybridized carbons (Fsp3) is 0.0714. The van der Waals surface area contributed by atoms with Crippen LogP contribution in [0, 0.1) is 13.8 Å². The molecule has 0 fully saturated rings. The van der Waals surface area contributed by atoms with E-state index in [0.717, 1.165) is 40.2 Å². The van der Waals surface area contributed by atoms with Crippen LogP contribution in [-0.4, -0.2) is 30.2 Å². The Bertz CT molecular complexity index is 1740.